The minimum atomic E-state index is 0.158. The molecule has 2 aliphatic rings. The first-order valence-corrected chi connectivity index (χ1v) is 12.0. The first-order chi connectivity index (χ1) is 15.1. The molecule has 0 bridgehead atoms. The smallest absolute Gasteiger partial charge is 0.227 e. The molecule has 2 fully saturated rings. The number of hydrogen-bond acceptors (Lipinski definition) is 3. The van der Waals surface area contributed by atoms with Gasteiger partial charge >= 0.3 is 0 Å². The van der Waals surface area contributed by atoms with Gasteiger partial charge in [0.1, 0.15) is 0 Å². The summed E-state index contributed by atoms with van der Waals surface area (Å²) in [6, 6.07) is 8.06. The van der Waals surface area contributed by atoms with Crippen LogP contribution in [0.3, 0.4) is 0 Å². The van der Waals surface area contributed by atoms with Crippen LogP contribution in [-0.4, -0.2) is 38.7 Å². The summed E-state index contributed by atoms with van der Waals surface area (Å²) in [6.07, 6.45) is 10.6. The second-order valence-electron chi connectivity index (χ2n) is 9.17. The molecule has 2 saturated carbocycles. The molecule has 0 aliphatic heterocycles. The fourth-order valence-corrected chi connectivity index (χ4v) is 4.92. The lowest BCUT2D eigenvalue weighted by molar-refractivity contribution is -0.119. The number of aliphatic imine (C=N–C) groups is 1. The number of anilines is 1. The first-order valence-electron chi connectivity index (χ1n) is 12.0. The third-order valence-electron chi connectivity index (χ3n) is 6.82. The van der Waals surface area contributed by atoms with E-state index in [1.165, 1.54) is 38.5 Å². The Morgan fingerprint density at radius 3 is 2.65 bits per heavy atom. The van der Waals surface area contributed by atoms with E-state index in [4.69, 9.17) is 9.73 Å². The van der Waals surface area contributed by atoms with Gasteiger partial charge in [0.25, 0.3) is 0 Å². The average molecular weight is 429 g/mol. The quantitative estimate of drug-likeness (QED) is 0.380. The van der Waals surface area contributed by atoms with Gasteiger partial charge in [0.2, 0.25) is 5.91 Å². The second-order valence-corrected chi connectivity index (χ2v) is 9.17. The Morgan fingerprint density at radius 1 is 1.16 bits per heavy atom. The third kappa shape index (κ3) is 7.23. The molecule has 0 heterocycles. The maximum Gasteiger partial charge on any atom is 0.227 e. The van der Waals surface area contributed by atoms with Gasteiger partial charge in [-0.2, -0.15) is 0 Å². The highest BCUT2D eigenvalue weighted by molar-refractivity contribution is 5.92. The lowest BCUT2D eigenvalue weighted by Crippen LogP contribution is -2.43. The van der Waals surface area contributed by atoms with E-state index < -0.39 is 0 Å². The van der Waals surface area contributed by atoms with Crippen LogP contribution in [0.2, 0.25) is 0 Å². The van der Waals surface area contributed by atoms with E-state index in [2.05, 4.69) is 28.9 Å². The van der Waals surface area contributed by atoms with E-state index in [0.717, 1.165) is 56.2 Å². The minimum Gasteiger partial charge on any atom is -0.385 e. The average Bonchev–Trinajstić information content (AvgIpc) is 3.48. The number of amides is 1. The molecule has 3 N–H and O–H groups in total. The van der Waals surface area contributed by atoms with E-state index >= 15 is 0 Å². The van der Waals surface area contributed by atoms with Crippen molar-refractivity contribution < 1.29 is 9.53 Å². The molecule has 0 radical (unpaired) electrons. The molecule has 172 valence electrons. The highest BCUT2D eigenvalue weighted by Crippen LogP contribution is 2.40. The zero-order valence-corrected chi connectivity index (χ0v) is 19.3. The van der Waals surface area contributed by atoms with Gasteiger partial charge in [-0.1, -0.05) is 37.8 Å². The van der Waals surface area contributed by atoms with Crippen LogP contribution in [0.5, 0.6) is 0 Å². The number of nitrogens with zero attached hydrogens (tertiary/aromatic N) is 1. The number of methoxy groups -OCH3 is 1. The summed E-state index contributed by atoms with van der Waals surface area (Å²) in [6.45, 7) is 5.24. The molecular formula is C25H40N4O2. The Hall–Kier alpha value is -2.08. The van der Waals surface area contributed by atoms with Crippen molar-refractivity contribution in [3.05, 3.63) is 29.8 Å². The molecule has 1 aromatic rings. The Kier molecular flexibility index (Phi) is 9.19. The number of benzene rings is 1. The second kappa shape index (κ2) is 12.1. The van der Waals surface area contributed by atoms with E-state index in [1.807, 2.05) is 18.2 Å². The first kappa shape index (κ1) is 23.6. The van der Waals surface area contributed by atoms with Crippen molar-refractivity contribution in [2.75, 3.05) is 32.1 Å². The molecule has 0 saturated heterocycles. The molecule has 3 rings (SSSR count). The van der Waals surface area contributed by atoms with Gasteiger partial charge in [-0.3, -0.25) is 4.79 Å². The van der Waals surface area contributed by atoms with Crippen molar-refractivity contribution in [1.82, 2.24) is 10.6 Å². The molecule has 2 aliphatic carbocycles. The van der Waals surface area contributed by atoms with Crippen LogP contribution in [0.15, 0.2) is 29.3 Å². The topological polar surface area (TPSA) is 74.8 Å². The van der Waals surface area contributed by atoms with E-state index in [0.29, 0.717) is 12.0 Å². The van der Waals surface area contributed by atoms with Crippen molar-refractivity contribution >= 4 is 17.6 Å². The Morgan fingerprint density at radius 2 is 1.94 bits per heavy atom. The summed E-state index contributed by atoms with van der Waals surface area (Å²) in [5, 5.41) is 10.0. The van der Waals surface area contributed by atoms with Crippen LogP contribution >= 0.6 is 0 Å². The predicted molar refractivity (Wildman–Crippen MR) is 127 cm³/mol. The number of rotatable bonds is 10. The maximum atomic E-state index is 12.4. The van der Waals surface area contributed by atoms with Crippen molar-refractivity contribution in [3.63, 3.8) is 0 Å². The normalized spacial score (nSPS) is 18.8. The van der Waals surface area contributed by atoms with E-state index in [-0.39, 0.29) is 11.8 Å². The summed E-state index contributed by atoms with van der Waals surface area (Å²) < 4.78 is 5.36. The van der Waals surface area contributed by atoms with Crippen molar-refractivity contribution in [3.8, 4) is 0 Å². The highest BCUT2D eigenvalue weighted by atomic mass is 16.5. The Balaban J connectivity index is 1.57. The molecule has 1 aromatic carbocycles. The van der Waals surface area contributed by atoms with Crippen LogP contribution in [0.4, 0.5) is 5.69 Å². The molecule has 31 heavy (non-hydrogen) atoms. The summed E-state index contributed by atoms with van der Waals surface area (Å²) in [7, 11) is 1.78. The van der Waals surface area contributed by atoms with Crippen LogP contribution in [0.25, 0.3) is 0 Å². The Labute approximate surface area is 187 Å². The molecule has 0 atom stereocenters. The zero-order chi connectivity index (χ0) is 21.9. The standard InChI is InChI=1S/C25H40N4O2/c1-3-26-24(28-19-25(15-16-31-2)13-6-7-14-25)27-18-20-9-8-12-22(17-20)29-23(30)21-10-4-5-11-21/h8-9,12,17,21H,3-7,10-11,13-16,18-19H2,1-2H3,(H,29,30)(H2,26,27,28). The van der Waals surface area contributed by atoms with Crippen LogP contribution < -0.4 is 16.0 Å². The van der Waals surface area contributed by atoms with Crippen LogP contribution in [0, 0.1) is 11.3 Å². The summed E-state index contributed by atoms with van der Waals surface area (Å²) in [5.74, 6) is 1.19. The van der Waals surface area contributed by atoms with E-state index in [1.54, 1.807) is 7.11 Å². The van der Waals surface area contributed by atoms with Crippen LogP contribution in [0.1, 0.15) is 70.3 Å². The number of carbonyl (C=O) groups is 1. The highest BCUT2D eigenvalue weighted by Gasteiger charge is 2.33. The van der Waals surface area contributed by atoms with Gasteiger partial charge < -0.3 is 20.7 Å². The monoisotopic (exact) mass is 428 g/mol. The molecule has 0 spiro atoms. The van der Waals surface area contributed by atoms with E-state index in [9.17, 15) is 4.79 Å². The lowest BCUT2D eigenvalue weighted by atomic mass is 9.83. The van der Waals surface area contributed by atoms with Crippen molar-refractivity contribution in [2.45, 2.75) is 71.3 Å². The third-order valence-corrected chi connectivity index (χ3v) is 6.82. The van der Waals surface area contributed by atoms with Crippen molar-refractivity contribution in [1.29, 1.82) is 0 Å². The Bertz CT molecular complexity index is 722. The number of guanidine groups is 1. The van der Waals surface area contributed by atoms with Gasteiger partial charge in [-0.15, -0.1) is 0 Å². The molecule has 6 nitrogen and oxygen atoms in total. The van der Waals surface area contributed by atoms with Gasteiger partial charge in [-0.05, 0) is 62.1 Å². The van der Waals surface area contributed by atoms with Crippen LogP contribution in [-0.2, 0) is 16.1 Å². The summed E-state index contributed by atoms with van der Waals surface area (Å²) in [5.41, 5.74) is 2.28. The number of hydrogen-bond donors (Lipinski definition) is 3. The number of ether oxygens (including phenoxy) is 1. The van der Waals surface area contributed by atoms with Gasteiger partial charge in [-0.25, -0.2) is 4.99 Å². The molecule has 0 aromatic heterocycles. The zero-order valence-electron chi connectivity index (χ0n) is 19.3. The molecule has 1 amide bonds. The predicted octanol–water partition coefficient (Wildman–Crippen LogP) is 4.47. The largest absolute Gasteiger partial charge is 0.385 e. The SMILES string of the molecule is CCNC(=NCc1cccc(NC(=O)C2CCCC2)c1)NCC1(CCOC)CCCC1. The van der Waals surface area contributed by atoms with Gasteiger partial charge in [0.15, 0.2) is 5.96 Å². The van der Waals surface area contributed by atoms with Gasteiger partial charge in [0.05, 0.1) is 6.54 Å². The van der Waals surface area contributed by atoms with Crippen molar-refractivity contribution in [2.24, 2.45) is 16.3 Å². The fourth-order valence-electron chi connectivity index (χ4n) is 4.92. The molecule has 0 unspecified atom stereocenters. The fraction of sp³-hybridized carbons (Fsp3) is 0.680. The molecular weight excluding hydrogens is 388 g/mol. The maximum absolute atomic E-state index is 12.4. The minimum absolute atomic E-state index is 0.158. The lowest BCUT2D eigenvalue weighted by Gasteiger charge is -2.30. The number of nitrogens with one attached hydrogen (secondary N) is 3. The summed E-state index contributed by atoms with van der Waals surface area (Å²) in [4.78, 5) is 17.2. The van der Waals surface area contributed by atoms with Gasteiger partial charge in [0, 0.05) is 38.4 Å². The molecule has 6 heteroatoms. The number of carbonyl (C=O) groups excluding carboxylic acids is 1. The summed E-state index contributed by atoms with van der Waals surface area (Å²) >= 11 is 0.